The molecule has 1 fully saturated rings. The van der Waals surface area contributed by atoms with E-state index < -0.39 is 0 Å². The highest BCUT2D eigenvalue weighted by Gasteiger charge is 2.18. The summed E-state index contributed by atoms with van der Waals surface area (Å²) < 4.78 is 5.61. The van der Waals surface area contributed by atoms with Crippen LogP contribution in [0.15, 0.2) is 18.2 Å². The van der Waals surface area contributed by atoms with Crippen molar-refractivity contribution in [2.24, 2.45) is 5.92 Å². The molecule has 1 aromatic carbocycles. The van der Waals surface area contributed by atoms with Crippen LogP contribution in [0.25, 0.3) is 0 Å². The molecule has 2 aliphatic rings. The first-order chi connectivity index (χ1) is 8.43. The first-order valence-electron chi connectivity index (χ1n) is 6.81. The van der Waals surface area contributed by atoms with Crippen molar-refractivity contribution < 1.29 is 4.74 Å². The van der Waals surface area contributed by atoms with E-state index in [-0.39, 0.29) is 0 Å². The topological polar surface area (TPSA) is 21.3 Å². The number of fused-ring (bicyclic) bond motifs is 1. The fourth-order valence-electron chi connectivity index (χ4n) is 3.05. The van der Waals surface area contributed by atoms with Gasteiger partial charge in [-0.3, -0.25) is 0 Å². The summed E-state index contributed by atoms with van der Waals surface area (Å²) in [6, 6.07) is 6.79. The predicted molar refractivity (Wildman–Crippen MR) is 69.1 cm³/mol. The zero-order valence-corrected chi connectivity index (χ0v) is 10.4. The lowest BCUT2D eigenvalue weighted by Gasteiger charge is -2.25. The molecule has 1 saturated heterocycles. The molecule has 0 unspecified atom stereocenters. The molecule has 1 N–H and O–H groups in total. The molecule has 0 bridgehead atoms. The summed E-state index contributed by atoms with van der Waals surface area (Å²) in [5.41, 5.74) is 4.54. The van der Waals surface area contributed by atoms with Gasteiger partial charge in [0.25, 0.3) is 0 Å². The van der Waals surface area contributed by atoms with Crippen LogP contribution in [0.1, 0.15) is 29.5 Å². The lowest BCUT2D eigenvalue weighted by Crippen LogP contribution is -2.29. The van der Waals surface area contributed by atoms with Crippen LogP contribution in [0.3, 0.4) is 0 Å². The Hall–Kier alpha value is -0.860. The van der Waals surface area contributed by atoms with Gasteiger partial charge in [-0.2, -0.15) is 0 Å². The quantitative estimate of drug-likeness (QED) is 0.843. The van der Waals surface area contributed by atoms with Crippen LogP contribution in [-0.2, 0) is 24.2 Å². The molecule has 0 aliphatic carbocycles. The van der Waals surface area contributed by atoms with Crippen molar-refractivity contribution in [3.63, 3.8) is 0 Å². The second-order valence-corrected chi connectivity index (χ2v) is 5.25. The SMILES string of the molecule is c1cc2c(c(CC3CCNCC3)c1)COCC2. The molecular weight excluding hydrogens is 210 g/mol. The second-order valence-electron chi connectivity index (χ2n) is 5.25. The van der Waals surface area contributed by atoms with Gasteiger partial charge in [-0.15, -0.1) is 0 Å². The Morgan fingerprint density at radius 2 is 2.12 bits per heavy atom. The van der Waals surface area contributed by atoms with Crippen molar-refractivity contribution in [1.82, 2.24) is 5.32 Å². The first kappa shape index (κ1) is 11.2. The molecule has 0 aromatic heterocycles. The molecular formula is C15H21NO. The van der Waals surface area contributed by atoms with Gasteiger partial charge in [0.1, 0.15) is 0 Å². The number of hydrogen-bond acceptors (Lipinski definition) is 2. The van der Waals surface area contributed by atoms with E-state index in [1.54, 1.807) is 0 Å². The molecule has 0 amide bonds. The number of ether oxygens (including phenoxy) is 1. The fraction of sp³-hybridized carbons (Fsp3) is 0.600. The molecule has 0 spiro atoms. The van der Waals surface area contributed by atoms with Crippen LogP contribution >= 0.6 is 0 Å². The standard InChI is InChI=1S/C15H21NO/c1-2-13-6-9-17-11-15(13)14(3-1)10-12-4-7-16-8-5-12/h1-3,12,16H,4-11H2. The lowest BCUT2D eigenvalue weighted by molar-refractivity contribution is 0.110. The molecule has 0 atom stereocenters. The highest BCUT2D eigenvalue weighted by molar-refractivity contribution is 5.36. The summed E-state index contributed by atoms with van der Waals surface area (Å²) in [5, 5.41) is 3.44. The van der Waals surface area contributed by atoms with Crippen LogP contribution in [0, 0.1) is 5.92 Å². The number of piperidine rings is 1. The van der Waals surface area contributed by atoms with E-state index in [0.717, 1.165) is 25.6 Å². The molecule has 2 aliphatic heterocycles. The van der Waals surface area contributed by atoms with Gasteiger partial charge in [0.05, 0.1) is 13.2 Å². The smallest absolute Gasteiger partial charge is 0.0722 e. The van der Waals surface area contributed by atoms with Gasteiger partial charge in [0.15, 0.2) is 0 Å². The van der Waals surface area contributed by atoms with E-state index in [1.807, 2.05) is 0 Å². The van der Waals surface area contributed by atoms with E-state index in [1.165, 1.54) is 49.0 Å². The molecule has 0 radical (unpaired) electrons. The normalized spacial score (nSPS) is 21.2. The van der Waals surface area contributed by atoms with Crippen molar-refractivity contribution in [3.8, 4) is 0 Å². The van der Waals surface area contributed by atoms with Crippen LogP contribution in [-0.4, -0.2) is 19.7 Å². The zero-order valence-electron chi connectivity index (χ0n) is 10.4. The van der Waals surface area contributed by atoms with Crippen LogP contribution in [0.5, 0.6) is 0 Å². The van der Waals surface area contributed by atoms with Gasteiger partial charge in [-0.05, 0) is 61.4 Å². The number of nitrogens with one attached hydrogen (secondary N) is 1. The van der Waals surface area contributed by atoms with Crippen LogP contribution in [0.4, 0.5) is 0 Å². The minimum Gasteiger partial charge on any atom is -0.376 e. The van der Waals surface area contributed by atoms with E-state index in [4.69, 9.17) is 4.74 Å². The molecule has 92 valence electrons. The molecule has 17 heavy (non-hydrogen) atoms. The monoisotopic (exact) mass is 231 g/mol. The van der Waals surface area contributed by atoms with E-state index in [9.17, 15) is 0 Å². The highest BCUT2D eigenvalue weighted by atomic mass is 16.5. The fourth-order valence-corrected chi connectivity index (χ4v) is 3.05. The van der Waals surface area contributed by atoms with E-state index in [2.05, 4.69) is 23.5 Å². The van der Waals surface area contributed by atoms with Gasteiger partial charge in [0, 0.05) is 0 Å². The van der Waals surface area contributed by atoms with Crippen LogP contribution < -0.4 is 5.32 Å². The van der Waals surface area contributed by atoms with E-state index in [0.29, 0.717) is 0 Å². The molecule has 2 nitrogen and oxygen atoms in total. The maximum absolute atomic E-state index is 5.61. The first-order valence-corrected chi connectivity index (χ1v) is 6.81. The maximum Gasteiger partial charge on any atom is 0.0722 e. The van der Waals surface area contributed by atoms with Gasteiger partial charge in [-0.25, -0.2) is 0 Å². The zero-order chi connectivity index (χ0) is 11.5. The summed E-state index contributed by atoms with van der Waals surface area (Å²) in [5.74, 6) is 0.865. The molecule has 3 rings (SSSR count). The molecule has 2 heterocycles. The van der Waals surface area contributed by atoms with Crippen molar-refractivity contribution in [1.29, 1.82) is 0 Å². The Labute approximate surface area is 103 Å². The van der Waals surface area contributed by atoms with Crippen molar-refractivity contribution in [3.05, 3.63) is 34.9 Å². The third kappa shape index (κ3) is 2.53. The summed E-state index contributed by atoms with van der Waals surface area (Å²) in [6.45, 7) is 4.10. The van der Waals surface area contributed by atoms with Crippen LogP contribution in [0.2, 0.25) is 0 Å². The largest absolute Gasteiger partial charge is 0.376 e. The Morgan fingerprint density at radius 1 is 1.24 bits per heavy atom. The number of hydrogen-bond donors (Lipinski definition) is 1. The number of rotatable bonds is 2. The molecule has 1 aromatic rings. The highest BCUT2D eigenvalue weighted by Crippen LogP contribution is 2.25. The van der Waals surface area contributed by atoms with Gasteiger partial charge in [-0.1, -0.05) is 18.2 Å². The second kappa shape index (κ2) is 5.19. The Balaban J connectivity index is 1.77. The summed E-state index contributed by atoms with van der Waals surface area (Å²) in [4.78, 5) is 0. The third-order valence-electron chi connectivity index (χ3n) is 4.10. The van der Waals surface area contributed by atoms with Gasteiger partial charge in [0.2, 0.25) is 0 Å². The van der Waals surface area contributed by atoms with Crippen molar-refractivity contribution >= 4 is 0 Å². The van der Waals surface area contributed by atoms with Gasteiger partial charge < -0.3 is 10.1 Å². The Bertz CT molecular complexity index is 383. The maximum atomic E-state index is 5.61. The average Bonchev–Trinajstić information content (AvgIpc) is 2.40. The Morgan fingerprint density at radius 3 is 3.00 bits per heavy atom. The predicted octanol–water partition coefficient (Wildman–Crippen LogP) is 2.30. The third-order valence-corrected chi connectivity index (χ3v) is 4.10. The summed E-state index contributed by atoms with van der Waals surface area (Å²) >= 11 is 0. The minimum absolute atomic E-state index is 0.830. The van der Waals surface area contributed by atoms with E-state index >= 15 is 0 Å². The minimum atomic E-state index is 0.830. The average molecular weight is 231 g/mol. The summed E-state index contributed by atoms with van der Waals surface area (Å²) in [6.07, 6.45) is 4.98. The molecule has 0 saturated carbocycles. The van der Waals surface area contributed by atoms with Crippen molar-refractivity contribution in [2.45, 2.75) is 32.3 Å². The number of benzene rings is 1. The lowest BCUT2D eigenvalue weighted by atomic mass is 9.87. The van der Waals surface area contributed by atoms with Gasteiger partial charge >= 0.3 is 0 Å². The molecule has 2 heteroatoms. The van der Waals surface area contributed by atoms with Crippen molar-refractivity contribution in [2.75, 3.05) is 19.7 Å². The summed E-state index contributed by atoms with van der Waals surface area (Å²) in [7, 11) is 0. The Kier molecular flexibility index (Phi) is 3.44.